The first-order valence-electron chi connectivity index (χ1n) is 8.60. The molecule has 1 atom stereocenters. The molecule has 1 fully saturated rings. The van der Waals surface area contributed by atoms with Gasteiger partial charge in [0.05, 0.1) is 0 Å². The van der Waals surface area contributed by atoms with Gasteiger partial charge in [-0.15, -0.1) is 0 Å². The Morgan fingerprint density at radius 3 is 2.81 bits per heavy atom. The molecule has 1 N–H and O–H groups in total. The molecule has 3 nitrogen and oxygen atoms in total. The van der Waals surface area contributed by atoms with Crippen LogP contribution < -0.4 is 10.2 Å². The first kappa shape index (κ1) is 16.3. The molecule has 1 aliphatic rings. The molecule has 3 heteroatoms. The van der Waals surface area contributed by atoms with E-state index >= 15 is 0 Å². The zero-order valence-electron chi connectivity index (χ0n) is 14.2. The van der Waals surface area contributed by atoms with Crippen molar-refractivity contribution in [3.05, 3.63) is 23.4 Å². The number of pyridine rings is 1. The number of nitrogens with zero attached hydrogens (tertiary/aromatic N) is 2. The quantitative estimate of drug-likeness (QED) is 0.800. The van der Waals surface area contributed by atoms with Gasteiger partial charge in [-0.2, -0.15) is 0 Å². The Hall–Kier alpha value is -1.09. The third-order valence-corrected chi connectivity index (χ3v) is 4.34. The van der Waals surface area contributed by atoms with Crippen molar-refractivity contribution in [2.45, 2.75) is 71.9 Å². The first-order chi connectivity index (χ1) is 10.1. The molecule has 2 heterocycles. The fraction of sp³-hybridized carbons (Fsp3) is 0.722. The second-order valence-corrected chi connectivity index (χ2v) is 6.63. The molecule has 0 radical (unpaired) electrons. The zero-order chi connectivity index (χ0) is 15.2. The minimum absolute atomic E-state index is 0.481. The van der Waals surface area contributed by atoms with Gasteiger partial charge >= 0.3 is 0 Å². The number of hydrogen-bond donors (Lipinski definition) is 1. The van der Waals surface area contributed by atoms with E-state index in [1.165, 1.54) is 42.8 Å². The number of aromatic nitrogens is 1. The molecule has 1 unspecified atom stereocenters. The van der Waals surface area contributed by atoms with Gasteiger partial charge in [-0.05, 0) is 62.8 Å². The molecule has 0 aliphatic carbocycles. The fourth-order valence-corrected chi connectivity index (χ4v) is 2.99. The van der Waals surface area contributed by atoms with Crippen molar-refractivity contribution in [3.8, 4) is 0 Å². The largest absolute Gasteiger partial charge is 0.354 e. The smallest absolute Gasteiger partial charge is 0.129 e. The Balaban J connectivity index is 2.22. The van der Waals surface area contributed by atoms with Gasteiger partial charge in [0.2, 0.25) is 0 Å². The Bertz CT molecular complexity index is 442. The van der Waals surface area contributed by atoms with Crippen LogP contribution in [0.5, 0.6) is 0 Å². The van der Waals surface area contributed by atoms with Crippen LogP contribution in [0.3, 0.4) is 0 Å². The van der Waals surface area contributed by atoms with Crippen LogP contribution in [0, 0.1) is 0 Å². The number of nitrogens with one attached hydrogen (secondary N) is 1. The van der Waals surface area contributed by atoms with E-state index in [-0.39, 0.29) is 0 Å². The molecule has 1 aromatic heterocycles. The molecule has 0 amide bonds. The van der Waals surface area contributed by atoms with Crippen LogP contribution in [0.2, 0.25) is 0 Å². The average Bonchev–Trinajstić information content (AvgIpc) is 2.47. The van der Waals surface area contributed by atoms with Crippen molar-refractivity contribution in [2.24, 2.45) is 0 Å². The standard InChI is InChI=1S/C18H31N3/c1-5-9-19-13-16-11-17(14(2)3)20-18(12-16)21-10-7-6-8-15(21)4/h11-12,14-15,19H,5-10,13H2,1-4H3. The minimum Gasteiger partial charge on any atom is -0.354 e. The lowest BCUT2D eigenvalue weighted by molar-refractivity contribution is 0.480. The lowest BCUT2D eigenvalue weighted by Crippen LogP contribution is -2.38. The molecule has 1 aliphatic heterocycles. The summed E-state index contributed by atoms with van der Waals surface area (Å²) < 4.78 is 0. The summed E-state index contributed by atoms with van der Waals surface area (Å²) in [5, 5.41) is 3.51. The van der Waals surface area contributed by atoms with E-state index in [2.05, 4.69) is 50.0 Å². The molecule has 0 spiro atoms. The lowest BCUT2D eigenvalue weighted by Gasteiger charge is -2.35. The van der Waals surface area contributed by atoms with Crippen molar-refractivity contribution in [1.29, 1.82) is 0 Å². The average molecular weight is 289 g/mol. The van der Waals surface area contributed by atoms with Gasteiger partial charge in [0.15, 0.2) is 0 Å². The van der Waals surface area contributed by atoms with Crippen molar-refractivity contribution < 1.29 is 0 Å². The van der Waals surface area contributed by atoms with Gasteiger partial charge < -0.3 is 10.2 Å². The van der Waals surface area contributed by atoms with Crippen LogP contribution in [0.15, 0.2) is 12.1 Å². The van der Waals surface area contributed by atoms with Crippen LogP contribution in [-0.4, -0.2) is 24.1 Å². The van der Waals surface area contributed by atoms with Crippen LogP contribution in [-0.2, 0) is 6.54 Å². The number of piperidine rings is 1. The Kier molecular flexibility index (Phi) is 6.04. The summed E-state index contributed by atoms with van der Waals surface area (Å²) in [6.45, 7) is 12.2. The van der Waals surface area contributed by atoms with E-state index in [9.17, 15) is 0 Å². The van der Waals surface area contributed by atoms with Gasteiger partial charge in [0.25, 0.3) is 0 Å². The topological polar surface area (TPSA) is 28.2 Å². The molecule has 21 heavy (non-hydrogen) atoms. The van der Waals surface area contributed by atoms with E-state index < -0.39 is 0 Å². The van der Waals surface area contributed by atoms with Crippen LogP contribution >= 0.6 is 0 Å². The van der Waals surface area contributed by atoms with E-state index in [0.717, 1.165) is 19.6 Å². The third kappa shape index (κ3) is 4.44. The Labute approximate surface area is 130 Å². The number of hydrogen-bond acceptors (Lipinski definition) is 3. The maximum atomic E-state index is 4.93. The van der Waals surface area contributed by atoms with Crippen molar-refractivity contribution in [3.63, 3.8) is 0 Å². The van der Waals surface area contributed by atoms with E-state index in [1.807, 2.05) is 0 Å². The second-order valence-electron chi connectivity index (χ2n) is 6.63. The van der Waals surface area contributed by atoms with Crippen molar-refractivity contribution in [2.75, 3.05) is 18.0 Å². The van der Waals surface area contributed by atoms with Crippen molar-refractivity contribution >= 4 is 5.82 Å². The van der Waals surface area contributed by atoms with Gasteiger partial charge in [-0.3, -0.25) is 0 Å². The molecule has 0 bridgehead atoms. The van der Waals surface area contributed by atoms with E-state index in [1.54, 1.807) is 0 Å². The Morgan fingerprint density at radius 1 is 1.33 bits per heavy atom. The van der Waals surface area contributed by atoms with E-state index in [0.29, 0.717) is 12.0 Å². The summed E-state index contributed by atoms with van der Waals surface area (Å²) >= 11 is 0. The highest BCUT2D eigenvalue weighted by Gasteiger charge is 2.20. The lowest BCUT2D eigenvalue weighted by atomic mass is 10.0. The van der Waals surface area contributed by atoms with Gasteiger partial charge in [-0.1, -0.05) is 20.8 Å². The maximum absolute atomic E-state index is 4.93. The summed E-state index contributed by atoms with van der Waals surface area (Å²) in [4.78, 5) is 7.43. The summed E-state index contributed by atoms with van der Waals surface area (Å²) in [6.07, 6.45) is 5.11. The molecule has 2 rings (SSSR count). The highest BCUT2D eigenvalue weighted by Crippen LogP contribution is 2.26. The molecule has 1 saturated heterocycles. The normalized spacial score (nSPS) is 19.3. The first-order valence-corrected chi connectivity index (χ1v) is 8.60. The van der Waals surface area contributed by atoms with Gasteiger partial charge in [-0.25, -0.2) is 4.98 Å². The minimum atomic E-state index is 0.481. The SMILES string of the molecule is CCCNCc1cc(C(C)C)nc(N2CCCCC2C)c1. The van der Waals surface area contributed by atoms with E-state index in [4.69, 9.17) is 4.98 Å². The predicted octanol–water partition coefficient (Wildman–Crippen LogP) is 4.08. The molecular weight excluding hydrogens is 258 g/mol. The molecular formula is C18H31N3. The van der Waals surface area contributed by atoms with Crippen molar-refractivity contribution in [1.82, 2.24) is 10.3 Å². The predicted molar refractivity (Wildman–Crippen MR) is 91.0 cm³/mol. The molecule has 0 saturated carbocycles. The number of rotatable bonds is 6. The van der Waals surface area contributed by atoms with Gasteiger partial charge in [0.1, 0.15) is 5.82 Å². The van der Waals surface area contributed by atoms with Crippen LogP contribution in [0.1, 0.15) is 70.6 Å². The highest BCUT2D eigenvalue weighted by atomic mass is 15.2. The Morgan fingerprint density at radius 2 is 2.14 bits per heavy atom. The highest BCUT2D eigenvalue weighted by molar-refractivity contribution is 5.44. The summed E-state index contributed by atoms with van der Waals surface area (Å²) in [7, 11) is 0. The second kappa shape index (κ2) is 7.79. The van der Waals surface area contributed by atoms with Crippen LogP contribution in [0.25, 0.3) is 0 Å². The summed E-state index contributed by atoms with van der Waals surface area (Å²) in [6, 6.07) is 5.17. The fourth-order valence-electron chi connectivity index (χ4n) is 2.99. The third-order valence-electron chi connectivity index (χ3n) is 4.34. The molecule has 0 aromatic carbocycles. The molecule has 118 valence electrons. The van der Waals surface area contributed by atoms with Crippen LogP contribution in [0.4, 0.5) is 5.82 Å². The number of anilines is 1. The van der Waals surface area contributed by atoms with Gasteiger partial charge in [0, 0.05) is 24.8 Å². The molecule has 1 aromatic rings. The maximum Gasteiger partial charge on any atom is 0.129 e. The summed E-state index contributed by atoms with van der Waals surface area (Å²) in [5.41, 5.74) is 2.59. The summed E-state index contributed by atoms with van der Waals surface area (Å²) in [5.74, 6) is 1.66. The monoisotopic (exact) mass is 289 g/mol. The zero-order valence-corrected chi connectivity index (χ0v) is 14.2.